The molecular formula is C20H21N3O4. The van der Waals surface area contributed by atoms with E-state index in [1.54, 1.807) is 14.2 Å². The third kappa shape index (κ3) is 4.25. The summed E-state index contributed by atoms with van der Waals surface area (Å²) in [6, 6.07) is 11.4. The third-order valence-electron chi connectivity index (χ3n) is 4.14. The number of rotatable bonds is 7. The monoisotopic (exact) mass is 367 g/mol. The van der Waals surface area contributed by atoms with Crippen molar-refractivity contribution in [2.45, 2.75) is 20.1 Å². The van der Waals surface area contributed by atoms with Gasteiger partial charge in [-0.2, -0.15) is 0 Å². The summed E-state index contributed by atoms with van der Waals surface area (Å²) >= 11 is 0. The van der Waals surface area contributed by atoms with Gasteiger partial charge in [-0.15, -0.1) is 0 Å². The van der Waals surface area contributed by atoms with E-state index >= 15 is 0 Å². The van der Waals surface area contributed by atoms with E-state index in [9.17, 15) is 4.79 Å². The number of nitrogens with zero attached hydrogens (tertiary/aromatic N) is 2. The number of fused-ring (bicyclic) bond motifs is 1. The molecule has 0 fully saturated rings. The van der Waals surface area contributed by atoms with Gasteiger partial charge in [0.1, 0.15) is 18.8 Å². The molecule has 1 heterocycles. The molecule has 1 aromatic heterocycles. The molecule has 2 aromatic carbocycles. The fourth-order valence-corrected chi connectivity index (χ4v) is 2.75. The number of esters is 1. The first-order valence-corrected chi connectivity index (χ1v) is 8.43. The SMILES string of the molecule is COc1cc2ncnc(NCc3ccccc3COC(C)=O)c2cc1OC. The van der Waals surface area contributed by atoms with Crippen molar-refractivity contribution in [2.24, 2.45) is 0 Å². The average Bonchev–Trinajstić information content (AvgIpc) is 2.70. The van der Waals surface area contributed by atoms with Gasteiger partial charge >= 0.3 is 5.97 Å². The van der Waals surface area contributed by atoms with Crippen molar-refractivity contribution >= 4 is 22.7 Å². The number of hydrogen-bond acceptors (Lipinski definition) is 7. The van der Waals surface area contributed by atoms with Crippen molar-refractivity contribution in [1.82, 2.24) is 9.97 Å². The minimum Gasteiger partial charge on any atom is -0.493 e. The second kappa shape index (κ2) is 8.35. The number of aromatic nitrogens is 2. The van der Waals surface area contributed by atoms with Crippen molar-refractivity contribution in [3.63, 3.8) is 0 Å². The molecule has 0 spiro atoms. The summed E-state index contributed by atoms with van der Waals surface area (Å²) in [6.45, 7) is 2.16. The summed E-state index contributed by atoms with van der Waals surface area (Å²) in [5.41, 5.74) is 2.71. The van der Waals surface area contributed by atoms with Gasteiger partial charge in [-0.25, -0.2) is 9.97 Å². The summed E-state index contributed by atoms with van der Waals surface area (Å²) in [6.07, 6.45) is 1.50. The van der Waals surface area contributed by atoms with Gasteiger partial charge in [-0.1, -0.05) is 24.3 Å². The maximum atomic E-state index is 11.1. The molecule has 0 unspecified atom stereocenters. The number of carbonyl (C=O) groups is 1. The Morgan fingerprint density at radius 3 is 2.44 bits per heavy atom. The zero-order chi connectivity index (χ0) is 19.2. The van der Waals surface area contributed by atoms with E-state index in [0.29, 0.717) is 23.9 Å². The van der Waals surface area contributed by atoms with E-state index in [1.165, 1.54) is 13.3 Å². The van der Waals surface area contributed by atoms with Crippen LogP contribution in [0.25, 0.3) is 10.9 Å². The minimum absolute atomic E-state index is 0.239. The summed E-state index contributed by atoms with van der Waals surface area (Å²) < 4.78 is 15.8. The number of anilines is 1. The molecule has 7 heteroatoms. The summed E-state index contributed by atoms with van der Waals surface area (Å²) in [7, 11) is 3.18. The summed E-state index contributed by atoms with van der Waals surface area (Å²) in [4.78, 5) is 19.7. The lowest BCUT2D eigenvalue weighted by atomic mass is 10.1. The molecule has 7 nitrogen and oxygen atoms in total. The van der Waals surface area contributed by atoms with Crippen LogP contribution >= 0.6 is 0 Å². The van der Waals surface area contributed by atoms with Gasteiger partial charge in [-0.05, 0) is 17.2 Å². The fourth-order valence-electron chi connectivity index (χ4n) is 2.75. The second-order valence-electron chi connectivity index (χ2n) is 5.85. The van der Waals surface area contributed by atoms with E-state index < -0.39 is 0 Å². The Kier molecular flexibility index (Phi) is 5.71. The highest BCUT2D eigenvalue weighted by molar-refractivity contribution is 5.91. The molecule has 0 atom stereocenters. The Balaban J connectivity index is 1.86. The number of carbonyl (C=O) groups excluding carboxylic acids is 1. The maximum absolute atomic E-state index is 11.1. The van der Waals surface area contributed by atoms with Crippen molar-refractivity contribution in [2.75, 3.05) is 19.5 Å². The maximum Gasteiger partial charge on any atom is 0.302 e. The molecule has 0 amide bonds. The standard InChI is InChI=1S/C20H21N3O4/c1-13(24)27-11-15-7-5-4-6-14(15)10-21-20-16-8-18(25-2)19(26-3)9-17(16)22-12-23-20/h4-9,12H,10-11H2,1-3H3,(H,21,22,23). The zero-order valence-corrected chi connectivity index (χ0v) is 15.5. The highest BCUT2D eigenvalue weighted by Crippen LogP contribution is 2.33. The molecule has 0 saturated carbocycles. The fraction of sp³-hybridized carbons (Fsp3) is 0.250. The number of methoxy groups -OCH3 is 2. The van der Waals surface area contributed by atoms with E-state index in [2.05, 4.69) is 15.3 Å². The molecule has 3 rings (SSSR count). The molecule has 0 aliphatic rings. The first-order chi connectivity index (χ1) is 13.1. The topological polar surface area (TPSA) is 82.6 Å². The Labute approximate surface area is 157 Å². The first kappa shape index (κ1) is 18.4. The van der Waals surface area contributed by atoms with E-state index in [4.69, 9.17) is 14.2 Å². The molecule has 27 heavy (non-hydrogen) atoms. The van der Waals surface area contributed by atoms with Crippen LogP contribution in [0.1, 0.15) is 18.1 Å². The number of ether oxygens (including phenoxy) is 3. The smallest absolute Gasteiger partial charge is 0.302 e. The lowest BCUT2D eigenvalue weighted by Crippen LogP contribution is -2.07. The predicted octanol–water partition coefficient (Wildman–Crippen LogP) is 3.32. The van der Waals surface area contributed by atoms with E-state index in [1.807, 2.05) is 36.4 Å². The Hall–Kier alpha value is -3.35. The number of nitrogens with one attached hydrogen (secondary N) is 1. The van der Waals surface area contributed by atoms with Gasteiger partial charge < -0.3 is 19.5 Å². The molecule has 140 valence electrons. The Bertz CT molecular complexity index is 959. The van der Waals surface area contributed by atoms with Crippen molar-refractivity contribution in [1.29, 1.82) is 0 Å². The molecule has 0 aliphatic carbocycles. The van der Waals surface area contributed by atoms with E-state index in [-0.39, 0.29) is 12.6 Å². The summed E-state index contributed by atoms with van der Waals surface area (Å²) in [5, 5.41) is 4.16. The predicted molar refractivity (Wildman–Crippen MR) is 102 cm³/mol. The normalized spacial score (nSPS) is 10.5. The molecule has 0 aliphatic heterocycles. The van der Waals surface area contributed by atoms with Crippen LogP contribution in [0.5, 0.6) is 11.5 Å². The van der Waals surface area contributed by atoms with Crippen LogP contribution in [-0.4, -0.2) is 30.2 Å². The highest BCUT2D eigenvalue weighted by Gasteiger charge is 2.11. The number of benzene rings is 2. The van der Waals surface area contributed by atoms with Crippen LogP contribution < -0.4 is 14.8 Å². The van der Waals surface area contributed by atoms with Crippen molar-refractivity contribution < 1.29 is 19.0 Å². The van der Waals surface area contributed by atoms with Crippen LogP contribution in [0.15, 0.2) is 42.7 Å². The van der Waals surface area contributed by atoms with Gasteiger partial charge in [-0.3, -0.25) is 4.79 Å². The molecule has 0 radical (unpaired) electrons. The second-order valence-corrected chi connectivity index (χ2v) is 5.85. The number of hydrogen-bond donors (Lipinski definition) is 1. The van der Waals surface area contributed by atoms with Crippen molar-refractivity contribution in [3.8, 4) is 11.5 Å². The minimum atomic E-state index is -0.305. The van der Waals surface area contributed by atoms with Crippen LogP contribution in [-0.2, 0) is 22.7 Å². The Morgan fingerprint density at radius 2 is 1.74 bits per heavy atom. The molecule has 0 bridgehead atoms. The Morgan fingerprint density at radius 1 is 1.04 bits per heavy atom. The van der Waals surface area contributed by atoms with E-state index in [0.717, 1.165) is 22.0 Å². The lowest BCUT2D eigenvalue weighted by molar-refractivity contribution is -0.142. The molecule has 0 saturated heterocycles. The quantitative estimate of drug-likeness (QED) is 0.641. The third-order valence-corrected chi connectivity index (χ3v) is 4.14. The summed E-state index contributed by atoms with van der Waals surface area (Å²) in [5.74, 6) is 1.60. The first-order valence-electron chi connectivity index (χ1n) is 8.43. The van der Waals surface area contributed by atoms with Gasteiger partial charge in [0.25, 0.3) is 0 Å². The van der Waals surface area contributed by atoms with Gasteiger partial charge in [0.2, 0.25) is 0 Å². The van der Waals surface area contributed by atoms with Crippen LogP contribution in [0.2, 0.25) is 0 Å². The van der Waals surface area contributed by atoms with Crippen LogP contribution in [0.3, 0.4) is 0 Å². The largest absolute Gasteiger partial charge is 0.493 e. The highest BCUT2D eigenvalue weighted by atomic mass is 16.5. The van der Waals surface area contributed by atoms with Gasteiger partial charge in [0.05, 0.1) is 19.7 Å². The molecule has 3 aromatic rings. The zero-order valence-electron chi connectivity index (χ0n) is 15.5. The van der Waals surface area contributed by atoms with Gasteiger partial charge in [0, 0.05) is 24.9 Å². The molecule has 1 N–H and O–H groups in total. The van der Waals surface area contributed by atoms with Crippen LogP contribution in [0.4, 0.5) is 5.82 Å². The van der Waals surface area contributed by atoms with Crippen molar-refractivity contribution in [3.05, 3.63) is 53.9 Å². The lowest BCUT2D eigenvalue weighted by Gasteiger charge is -2.13. The van der Waals surface area contributed by atoms with Crippen LogP contribution in [0, 0.1) is 0 Å². The average molecular weight is 367 g/mol. The molecular weight excluding hydrogens is 346 g/mol. The van der Waals surface area contributed by atoms with Gasteiger partial charge in [0.15, 0.2) is 11.5 Å².